The van der Waals surface area contributed by atoms with Gasteiger partial charge < -0.3 is 10.0 Å². The van der Waals surface area contributed by atoms with E-state index in [2.05, 4.69) is 0 Å². The van der Waals surface area contributed by atoms with E-state index < -0.39 is 18.8 Å². The van der Waals surface area contributed by atoms with Gasteiger partial charge >= 0.3 is 6.18 Å². The first-order chi connectivity index (χ1) is 7.70. The fourth-order valence-electron chi connectivity index (χ4n) is 1.45. The maximum Gasteiger partial charge on any atom is 0.405 e. The summed E-state index contributed by atoms with van der Waals surface area (Å²) in [5.41, 5.74) is 0.854. The average Bonchev–Trinajstić information content (AvgIpc) is 2.14. The molecule has 0 aliphatic heterocycles. The second-order valence-electron chi connectivity index (χ2n) is 3.86. The summed E-state index contributed by atoms with van der Waals surface area (Å²) in [4.78, 5) is 1.02. The molecule has 0 bridgehead atoms. The van der Waals surface area contributed by atoms with Crippen LogP contribution in [0.4, 0.5) is 18.9 Å². The van der Waals surface area contributed by atoms with E-state index in [0.29, 0.717) is 5.56 Å². The van der Waals surface area contributed by atoms with E-state index in [-0.39, 0.29) is 10.7 Å². The molecular weight excluding hydrogens is 255 g/mol. The highest BCUT2D eigenvalue weighted by atomic mass is 35.5. The summed E-state index contributed by atoms with van der Waals surface area (Å²) in [7, 11) is 1.32. The van der Waals surface area contributed by atoms with Gasteiger partial charge in [0.2, 0.25) is 0 Å². The second-order valence-corrected chi connectivity index (χ2v) is 4.27. The zero-order valence-electron chi connectivity index (χ0n) is 9.42. The number of aliphatic hydroxyl groups excluding tert-OH is 1. The lowest BCUT2D eigenvalue weighted by Gasteiger charge is -2.22. The SMILES string of the molecule is CC(O)c1ccc(N(C)CC(F)(F)F)c(Cl)c1. The highest BCUT2D eigenvalue weighted by Gasteiger charge is 2.30. The molecule has 0 aliphatic carbocycles. The summed E-state index contributed by atoms with van der Waals surface area (Å²) in [6.07, 6.45) is -4.98. The van der Waals surface area contributed by atoms with Crippen LogP contribution in [-0.4, -0.2) is 24.9 Å². The Morgan fingerprint density at radius 3 is 2.41 bits per heavy atom. The van der Waals surface area contributed by atoms with Crippen LogP contribution in [0.2, 0.25) is 5.02 Å². The van der Waals surface area contributed by atoms with Crippen molar-refractivity contribution in [2.75, 3.05) is 18.5 Å². The molecule has 1 N–H and O–H groups in total. The summed E-state index contributed by atoms with van der Waals surface area (Å²) < 4.78 is 36.6. The maximum atomic E-state index is 12.2. The number of alkyl halides is 3. The van der Waals surface area contributed by atoms with Gasteiger partial charge in [-0.1, -0.05) is 17.7 Å². The van der Waals surface area contributed by atoms with Gasteiger partial charge in [0.1, 0.15) is 6.54 Å². The molecular formula is C11H13ClF3NO. The predicted octanol–water partition coefficient (Wildman–Crippen LogP) is 3.39. The van der Waals surface area contributed by atoms with Crippen LogP contribution in [0.25, 0.3) is 0 Å². The van der Waals surface area contributed by atoms with Gasteiger partial charge in [-0.2, -0.15) is 13.2 Å². The van der Waals surface area contributed by atoms with Gasteiger partial charge in [-0.25, -0.2) is 0 Å². The number of rotatable bonds is 3. The fraction of sp³-hybridized carbons (Fsp3) is 0.455. The Balaban J connectivity index is 2.92. The zero-order valence-corrected chi connectivity index (χ0v) is 10.2. The van der Waals surface area contributed by atoms with E-state index in [0.717, 1.165) is 4.90 Å². The lowest BCUT2D eigenvalue weighted by atomic mass is 10.1. The maximum absolute atomic E-state index is 12.2. The smallest absolute Gasteiger partial charge is 0.389 e. The predicted molar refractivity (Wildman–Crippen MR) is 61.4 cm³/mol. The third-order valence-electron chi connectivity index (χ3n) is 2.28. The molecule has 2 nitrogen and oxygen atoms in total. The van der Waals surface area contributed by atoms with Gasteiger partial charge in [0, 0.05) is 7.05 Å². The molecule has 1 aromatic rings. The number of benzene rings is 1. The van der Waals surface area contributed by atoms with E-state index in [1.165, 1.54) is 19.2 Å². The van der Waals surface area contributed by atoms with Gasteiger partial charge in [-0.05, 0) is 24.6 Å². The van der Waals surface area contributed by atoms with E-state index >= 15 is 0 Å². The highest BCUT2D eigenvalue weighted by molar-refractivity contribution is 6.33. The number of halogens is 4. The van der Waals surface area contributed by atoms with E-state index in [9.17, 15) is 18.3 Å². The van der Waals surface area contributed by atoms with Gasteiger partial charge in [-0.3, -0.25) is 0 Å². The monoisotopic (exact) mass is 267 g/mol. The van der Waals surface area contributed by atoms with E-state index in [4.69, 9.17) is 11.6 Å². The van der Waals surface area contributed by atoms with E-state index in [1.807, 2.05) is 0 Å². The van der Waals surface area contributed by atoms with Crippen molar-refractivity contribution in [2.24, 2.45) is 0 Å². The Hall–Kier alpha value is -0.940. The molecule has 0 fully saturated rings. The van der Waals surface area contributed by atoms with Gasteiger partial charge in [0.05, 0.1) is 16.8 Å². The summed E-state index contributed by atoms with van der Waals surface area (Å²) in [5.74, 6) is 0. The third-order valence-corrected chi connectivity index (χ3v) is 2.58. The quantitative estimate of drug-likeness (QED) is 0.907. The van der Waals surface area contributed by atoms with Crippen molar-refractivity contribution in [3.05, 3.63) is 28.8 Å². The third kappa shape index (κ3) is 4.09. The number of aliphatic hydroxyl groups is 1. The van der Waals surface area contributed by atoms with Gasteiger partial charge in [0.15, 0.2) is 0 Å². The van der Waals surface area contributed by atoms with Crippen LogP contribution in [0.3, 0.4) is 0 Å². The Bertz CT molecular complexity index is 393. The Morgan fingerprint density at radius 1 is 1.41 bits per heavy atom. The molecule has 0 amide bonds. The van der Waals surface area contributed by atoms with Crippen molar-refractivity contribution in [2.45, 2.75) is 19.2 Å². The van der Waals surface area contributed by atoms with Crippen molar-refractivity contribution in [3.8, 4) is 0 Å². The molecule has 96 valence electrons. The van der Waals surface area contributed by atoms with Crippen molar-refractivity contribution in [3.63, 3.8) is 0 Å². The van der Waals surface area contributed by atoms with Gasteiger partial charge in [-0.15, -0.1) is 0 Å². The fourth-order valence-corrected chi connectivity index (χ4v) is 1.78. The summed E-state index contributed by atoms with van der Waals surface area (Å²) in [5, 5.41) is 9.50. The largest absolute Gasteiger partial charge is 0.405 e. The first-order valence-electron chi connectivity index (χ1n) is 4.96. The lowest BCUT2D eigenvalue weighted by molar-refractivity contribution is -0.119. The van der Waals surface area contributed by atoms with Crippen LogP contribution < -0.4 is 4.90 Å². The molecule has 0 saturated heterocycles. The number of anilines is 1. The van der Waals surface area contributed by atoms with Crippen LogP contribution in [-0.2, 0) is 0 Å². The van der Waals surface area contributed by atoms with Crippen LogP contribution >= 0.6 is 11.6 Å². The Morgan fingerprint density at radius 2 is 2.00 bits per heavy atom. The molecule has 1 aromatic carbocycles. The summed E-state index contributed by atoms with van der Waals surface area (Å²) >= 11 is 5.88. The molecule has 0 radical (unpaired) electrons. The van der Waals surface area contributed by atoms with Crippen molar-refractivity contribution in [1.82, 2.24) is 0 Å². The molecule has 6 heteroatoms. The van der Waals surface area contributed by atoms with Crippen molar-refractivity contribution >= 4 is 17.3 Å². The molecule has 0 aliphatic rings. The first kappa shape index (κ1) is 14.1. The molecule has 0 spiro atoms. The normalized spacial score (nSPS) is 13.6. The molecule has 0 heterocycles. The minimum absolute atomic E-state index is 0.190. The molecule has 1 atom stereocenters. The highest BCUT2D eigenvalue weighted by Crippen LogP contribution is 2.30. The standard InChI is InChI=1S/C11H13ClF3NO/c1-7(17)8-3-4-10(9(12)5-8)16(2)6-11(13,14)15/h3-5,7,17H,6H2,1-2H3. The Labute approximate surface area is 103 Å². The molecule has 1 rings (SSSR count). The Kier molecular flexibility index (Phi) is 4.27. The van der Waals surface area contributed by atoms with Crippen LogP contribution in [0.15, 0.2) is 18.2 Å². The zero-order chi connectivity index (χ0) is 13.2. The number of hydrogen-bond donors (Lipinski definition) is 1. The van der Waals surface area contributed by atoms with Crippen LogP contribution in [0, 0.1) is 0 Å². The van der Waals surface area contributed by atoms with E-state index in [1.54, 1.807) is 13.0 Å². The topological polar surface area (TPSA) is 23.5 Å². The minimum Gasteiger partial charge on any atom is -0.389 e. The minimum atomic E-state index is -4.28. The molecule has 0 saturated carbocycles. The number of nitrogens with zero attached hydrogens (tertiary/aromatic N) is 1. The van der Waals surface area contributed by atoms with Crippen molar-refractivity contribution < 1.29 is 18.3 Å². The lowest BCUT2D eigenvalue weighted by Crippen LogP contribution is -2.31. The van der Waals surface area contributed by atoms with Crippen LogP contribution in [0.1, 0.15) is 18.6 Å². The molecule has 1 unspecified atom stereocenters. The van der Waals surface area contributed by atoms with Gasteiger partial charge in [0.25, 0.3) is 0 Å². The molecule has 17 heavy (non-hydrogen) atoms. The second kappa shape index (κ2) is 5.14. The molecule has 0 aromatic heterocycles. The summed E-state index contributed by atoms with van der Waals surface area (Å²) in [6, 6.07) is 4.49. The summed E-state index contributed by atoms with van der Waals surface area (Å²) in [6.45, 7) is 0.492. The number of hydrogen-bond acceptors (Lipinski definition) is 2. The average molecular weight is 268 g/mol. The van der Waals surface area contributed by atoms with Crippen molar-refractivity contribution in [1.29, 1.82) is 0 Å². The first-order valence-corrected chi connectivity index (χ1v) is 5.34. The van der Waals surface area contributed by atoms with Crippen LogP contribution in [0.5, 0.6) is 0 Å².